The van der Waals surface area contributed by atoms with E-state index in [1.54, 1.807) is 0 Å². The molecular weight excluding hydrogens is 254 g/mol. The molecule has 1 aliphatic rings. The van der Waals surface area contributed by atoms with E-state index in [1.807, 2.05) is 24.3 Å². The summed E-state index contributed by atoms with van der Waals surface area (Å²) < 4.78 is 4.72. The van der Waals surface area contributed by atoms with E-state index in [4.69, 9.17) is 16.3 Å². The molecule has 1 aromatic rings. The van der Waals surface area contributed by atoms with Crippen LogP contribution in [0.15, 0.2) is 24.3 Å². The second-order valence-corrected chi connectivity index (χ2v) is 4.45. The fraction of sp³-hybridized carbons (Fsp3) is 0.385. The number of nitrogens with zero attached hydrogens (tertiary/aromatic N) is 1. The molecule has 0 bridgehead atoms. The molecule has 1 atom stereocenters. The number of carbonyl (C=O) groups excluding carboxylic acids is 2. The van der Waals surface area contributed by atoms with Crippen LogP contribution in [0.25, 0.3) is 0 Å². The Kier molecular flexibility index (Phi) is 3.87. The maximum atomic E-state index is 11.8. The van der Waals surface area contributed by atoms with Gasteiger partial charge in [-0.2, -0.15) is 0 Å². The maximum Gasteiger partial charge on any atom is 0.410 e. The van der Waals surface area contributed by atoms with Gasteiger partial charge in [0.25, 0.3) is 0 Å². The third kappa shape index (κ3) is 2.34. The molecule has 2 rings (SSSR count). The van der Waals surface area contributed by atoms with Crippen molar-refractivity contribution < 1.29 is 14.3 Å². The zero-order chi connectivity index (χ0) is 13.1. The molecular formula is C13H14ClNO3. The van der Waals surface area contributed by atoms with Crippen LogP contribution in [0.3, 0.4) is 0 Å². The summed E-state index contributed by atoms with van der Waals surface area (Å²) in [7, 11) is 1.31. The summed E-state index contributed by atoms with van der Waals surface area (Å²) in [6.07, 6.45) is 0.00423. The van der Waals surface area contributed by atoms with Crippen LogP contribution in [0.2, 0.25) is 0 Å². The molecule has 0 aromatic heterocycles. The monoisotopic (exact) mass is 267 g/mol. The number of rotatable bonds is 2. The summed E-state index contributed by atoms with van der Waals surface area (Å²) in [4.78, 5) is 25.0. The molecule has 1 aliphatic heterocycles. The van der Waals surface area contributed by atoms with Gasteiger partial charge in [-0.1, -0.05) is 24.3 Å². The van der Waals surface area contributed by atoms with Gasteiger partial charge in [0.1, 0.15) is 0 Å². The Morgan fingerprint density at radius 2 is 2.06 bits per heavy atom. The van der Waals surface area contributed by atoms with Gasteiger partial charge in [-0.25, -0.2) is 4.79 Å². The highest BCUT2D eigenvalue weighted by molar-refractivity contribution is 6.28. The first-order valence-corrected chi connectivity index (χ1v) is 6.21. The SMILES string of the molecule is COC(=O)N1Cc2ccccc2CC1C(=O)CCl. The van der Waals surface area contributed by atoms with E-state index < -0.39 is 12.1 Å². The summed E-state index contributed by atoms with van der Waals surface area (Å²) in [5.74, 6) is -0.253. The first-order chi connectivity index (χ1) is 8.67. The molecule has 0 fully saturated rings. The lowest BCUT2D eigenvalue weighted by atomic mass is 9.92. The van der Waals surface area contributed by atoms with Crippen LogP contribution >= 0.6 is 11.6 Å². The standard InChI is InChI=1S/C13H14ClNO3/c1-18-13(17)15-8-10-5-3-2-4-9(10)6-11(15)12(16)7-14/h2-5,11H,6-8H2,1H3. The number of ketones is 1. The Labute approximate surface area is 110 Å². The summed E-state index contributed by atoms with van der Waals surface area (Å²) in [5.41, 5.74) is 2.13. The Morgan fingerprint density at radius 1 is 1.39 bits per heavy atom. The smallest absolute Gasteiger partial charge is 0.410 e. The molecule has 0 saturated heterocycles. The number of carbonyl (C=O) groups is 2. The average Bonchev–Trinajstić information content (AvgIpc) is 2.44. The number of ether oxygens (including phenoxy) is 1. The normalized spacial score (nSPS) is 18.1. The molecule has 0 spiro atoms. The highest BCUT2D eigenvalue weighted by atomic mass is 35.5. The number of benzene rings is 1. The molecule has 0 N–H and O–H groups in total. The van der Waals surface area contributed by atoms with E-state index in [0.29, 0.717) is 13.0 Å². The van der Waals surface area contributed by atoms with Crippen molar-refractivity contribution in [2.24, 2.45) is 0 Å². The van der Waals surface area contributed by atoms with Crippen molar-refractivity contribution >= 4 is 23.5 Å². The lowest BCUT2D eigenvalue weighted by molar-refractivity contribution is -0.121. The van der Waals surface area contributed by atoms with Gasteiger partial charge in [0.2, 0.25) is 0 Å². The molecule has 1 amide bonds. The number of halogens is 1. The minimum Gasteiger partial charge on any atom is -0.453 e. The Hall–Kier alpha value is -1.55. The topological polar surface area (TPSA) is 46.6 Å². The first-order valence-electron chi connectivity index (χ1n) is 5.67. The lowest BCUT2D eigenvalue weighted by Gasteiger charge is -2.34. The second kappa shape index (κ2) is 5.40. The van der Waals surface area contributed by atoms with Gasteiger partial charge in [0.05, 0.1) is 25.6 Å². The van der Waals surface area contributed by atoms with Gasteiger partial charge in [-0.05, 0) is 11.1 Å². The third-order valence-electron chi connectivity index (χ3n) is 3.16. The minimum absolute atomic E-state index is 0.0969. The van der Waals surface area contributed by atoms with E-state index in [2.05, 4.69) is 0 Å². The van der Waals surface area contributed by atoms with Gasteiger partial charge in [0, 0.05) is 6.42 Å². The molecule has 0 aliphatic carbocycles. The summed E-state index contributed by atoms with van der Waals surface area (Å²) in [6.45, 7) is 0.385. The van der Waals surface area contributed by atoms with Crippen molar-refractivity contribution in [2.75, 3.05) is 13.0 Å². The lowest BCUT2D eigenvalue weighted by Crippen LogP contribution is -2.49. The van der Waals surface area contributed by atoms with Crippen molar-refractivity contribution in [1.29, 1.82) is 0 Å². The quantitative estimate of drug-likeness (QED) is 0.770. The Bertz CT molecular complexity index is 432. The summed E-state index contributed by atoms with van der Waals surface area (Å²) in [6, 6.07) is 7.24. The largest absolute Gasteiger partial charge is 0.453 e. The Balaban J connectivity index is 2.33. The van der Waals surface area contributed by atoms with Crippen molar-refractivity contribution in [3.05, 3.63) is 35.4 Å². The molecule has 1 heterocycles. The predicted octanol–water partition coefficient (Wildman–Crippen LogP) is 1.99. The highest BCUT2D eigenvalue weighted by Gasteiger charge is 2.34. The van der Waals surface area contributed by atoms with E-state index in [0.717, 1.165) is 11.1 Å². The number of Topliss-reactive ketones (excluding diaryl/α,β-unsaturated/α-hetero) is 1. The van der Waals surface area contributed by atoms with Crippen LogP contribution in [0.1, 0.15) is 11.1 Å². The minimum atomic E-state index is -0.523. The van der Waals surface area contributed by atoms with Crippen LogP contribution < -0.4 is 0 Å². The molecule has 96 valence electrons. The number of fused-ring (bicyclic) bond motifs is 1. The maximum absolute atomic E-state index is 11.8. The second-order valence-electron chi connectivity index (χ2n) is 4.19. The number of amides is 1. The zero-order valence-corrected chi connectivity index (χ0v) is 10.8. The van der Waals surface area contributed by atoms with Gasteiger partial charge in [0.15, 0.2) is 5.78 Å². The number of hydrogen-bond donors (Lipinski definition) is 0. The number of methoxy groups -OCH3 is 1. The highest BCUT2D eigenvalue weighted by Crippen LogP contribution is 2.24. The number of hydrogen-bond acceptors (Lipinski definition) is 3. The number of alkyl halides is 1. The van der Waals surface area contributed by atoms with Gasteiger partial charge in [-0.3, -0.25) is 9.69 Å². The molecule has 0 saturated carbocycles. The van der Waals surface area contributed by atoms with Gasteiger partial charge < -0.3 is 4.74 Å². The van der Waals surface area contributed by atoms with E-state index >= 15 is 0 Å². The van der Waals surface area contributed by atoms with Crippen LogP contribution in [-0.4, -0.2) is 35.8 Å². The van der Waals surface area contributed by atoms with Crippen molar-refractivity contribution in [2.45, 2.75) is 19.0 Å². The van der Waals surface area contributed by atoms with E-state index in [-0.39, 0.29) is 11.7 Å². The van der Waals surface area contributed by atoms with E-state index in [9.17, 15) is 9.59 Å². The predicted molar refractivity (Wildman–Crippen MR) is 67.6 cm³/mol. The fourth-order valence-electron chi connectivity index (χ4n) is 2.21. The van der Waals surface area contributed by atoms with Crippen LogP contribution in [0.4, 0.5) is 4.79 Å². The molecule has 0 radical (unpaired) electrons. The average molecular weight is 268 g/mol. The summed E-state index contributed by atoms with van der Waals surface area (Å²) >= 11 is 5.60. The molecule has 5 heteroatoms. The van der Waals surface area contributed by atoms with Gasteiger partial charge in [-0.15, -0.1) is 11.6 Å². The van der Waals surface area contributed by atoms with Crippen molar-refractivity contribution in [3.8, 4) is 0 Å². The van der Waals surface area contributed by atoms with Crippen LogP contribution in [0.5, 0.6) is 0 Å². The fourth-order valence-corrected chi connectivity index (χ4v) is 2.39. The van der Waals surface area contributed by atoms with Crippen molar-refractivity contribution in [1.82, 2.24) is 4.90 Å². The third-order valence-corrected chi connectivity index (χ3v) is 3.42. The zero-order valence-electron chi connectivity index (χ0n) is 10.1. The summed E-state index contributed by atoms with van der Waals surface area (Å²) in [5, 5.41) is 0. The van der Waals surface area contributed by atoms with Crippen LogP contribution in [-0.2, 0) is 22.5 Å². The van der Waals surface area contributed by atoms with Crippen molar-refractivity contribution in [3.63, 3.8) is 0 Å². The molecule has 4 nitrogen and oxygen atoms in total. The molecule has 18 heavy (non-hydrogen) atoms. The van der Waals surface area contributed by atoms with Crippen LogP contribution in [0, 0.1) is 0 Å². The Morgan fingerprint density at radius 3 is 2.67 bits per heavy atom. The first kappa shape index (κ1) is 12.9. The van der Waals surface area contributed by atoms with E-state index in [1.165, 1.54) is 12.0 Å². The molecule has 1 unspecified atom stereocenters. The molecule has 1 aromatic carbocycles. The van der Waals surface area contributed by atoms with Gasteiger partial charge >= 0.3 is 6.09 Å².